The number of benzene rings is 1. The van der Waals surface area contributed by atoms with Crippen LogP contribution in [0.25, 0.3) is 0 Å². The predicted molar refractivity (Wildman–Crippen MR) is 69.1 cm³/mol. The molecule has 0 aromatic heterocycles. The number of rotatable bonds is 5. The van der Waals surface area contributed by atoms with Crippen molar-refractivity contribution in [1.29, 1.82) is 0 Å². The standard InChI is InChI=1S/C11H14N2O4S/c12-9(18)8(14)7(10(15)13-11(16)17)6-4-2-1-3-5-6/h1-5,7-8,10,13-15H,(H2,12,18)(H,16,17). The summed E-state index contributed by atoms with van der Waals surface area (Å²) in [7, 11) is 0. The second kappa shape index (κ2) is 6.29. The predicted octanol–water partition coefficient (Wildman–Crippen LogP) is 0.00320. The fourth-order valence-corrected chi connectivity index (χ4v) is 1.75. The number of aliphatic hydroxyl groups is 2. The molecule has 1 aromatic rings. The molecule has 3 atom stereocenters. The fourth-order valence-electron chi connectivity index (χ4n) is 1.61. The van der Waals surface area contributed by atoms with E-state index in [1.807, 2.05) is 5.32 Å². The highest BCUT2D eigenvalue weighted by molar-refractivity contribution is 7.80. The molecular weight excluding hydrogens is 256 g/mol. The largest absolute Gasteiger partial charge is 0.465 e. The molecule has 0 bridgehead atoms. The third-order valence-electron chi connectivity index (χ3n) is 2.43. The molecule has 6 nitrogen and oxygen atoms in total. The number of carbonyl (C=O) groups is 1. The zero-order valence-corrected chi connectivity index (χ0v) is 10.2. The lowest BCUT2D eigenvalue weighted by molar-refractivity contribution is 0.0597. The first kappa shape index (κ1) is 14.4. The van der Waals surface area contributed by atoms with E-state index in [4.69, 9.17) is 10.8 Å². The van der Waals surface area contributed by atoms with E-state index in [-0.39, 0.29) is 4.99 Å². The van der Waals surface area contributed by atoms with Gasteiger partial charge in [0.2, 0.25) is 0 Å². The maximum Gasteiger partial charge on any atom is 0.406 e. The van der Waals surface area contributed by atoms with E-state index in [1.54, 1.807) is 30.3 Å². The van der Waals surface area contributed by atoms with Gasteiger partial charge in [-0.05, 0) is 5.56 Å². The van der Waals surface area contributed by atoms with Gasteiger partial charge in [0.25, 0.3) is 0 Å². The van der Waals surface area contributed by atoms with Crippen LogP contribution in [0.3, 0.4) is 0 Å². The molecule has 0 radical (unpaired) electrons. The van der Waals surface area contributed by atoms with Crippen molar-refractivity contribution >= 4 is 23.3 Å². The zero-order valence-electron chi connectivity index (χ0n) is 9.35. The molecule has 1 amide bonds. The molecule has 0 saturated carbocycles. The normalized spacial score (nSPS) is 15.4. The number of nitrogens with one attached hydrogen (secondary N) is 1. The Morgan fingerprint density at radius 1 is 1.28 bits per heavy atom. The molecule has 0 fully saturated rings. The van der Waals surface area contributed by atoms with Crippen molar-refractivity contribution in [3.63, 3.8) is 0 Å². The average molecular weight is 270 g/mol. The second-order valence-corrected chi connectivity index (χ2v) is 4.15. The monoisotopic (exact) mass is 270 g/mol. The number of amides is 1. The summed E-state index contributed by atoms with van der Waals surface area (Å²) in [6.07, 6.45) is -4.25. The van der Waals surface area contributed by atoms with Gasteiger partial charge in [-0.15, -0.1) is 0 Å². The quantitative estimate of drug-likeness (QED) is 0.380. The molecule has 0 aliphatic carbocycles. The number of nitrogens with two attached hydrogens (primary N) is 1. The molecule has 0 heterocycles. The Hall–Kier alpha value is -1.70. The van der Waals surface area contributed by atoms with E-state index in [0.717, 1.165) is 0 Å². The summed E-state index contributed by atoms with van der Waals surface area (Å²) in [6, 6.07) is 8.42. The summed E-state index contributed by atoms with van der Waals surface area (Å²) < 4.78 is 0. The Kier molecular flexibility index (Phi) is 5.02. The molecule has 18 heavy (non-hydrogen) atoms. The second-order valence-electron chi connectivity index (χ2n) is 3.68. The van der Waals surface area contributed by atoms with Gasteiger partial charge in [0, 0.05) is 0 Å². The number of thiocarbonyl (C=S) groups is 1. The third kappa shape index (κ3) is 3.66. The molecule has 1 aromatic carbocycles. The SMILES string of the molecule is NC(=S)C(O)C(c1ccccc1)C(O)NC(=O)O. The molecule has 6 N–H and O–H groups in total. The summed E-state index contributed by atoms with van der Waals surface area (Å²) in [5, 5.41) is 30.1. The molecule has 1 rings (SSSR count). The van der Waals surface area contributed by atoms with Crippen LogP contribution in [0.4, 0.5) is 4.79 Å². The minimum absolute atomic E-state index is 0.213. The minimum atomic E-state index is -1.51. The number of hydrogen-bond acceptors (Lipinski definition) is 4. The topological polar surface area (TPSA) is 116 Å². The van der Waals surface area contributed by atoms with E-state index >= 15 is 0 Å². The number of hydrogen-bond donors (Lipinski definition) is 5. The van der Waals surface area contributed by atoms with E-state index in [0.29, 0.717) is 5.56 Å². The van der Waals surface area contributed by atoms with E-state index < -0.39 is 24.3 Å². The highest BCUT2D eigenvalue weighted by Crippen LogP contribution is 2.23. The van der Waals surface area contributed by atoms with Crippen LogP contribution in [0.2, 0.25) is 0 Å². The Morgan fingerprint density at radius 3 is 2.28 bits per heavy atom. The lowest BCUT2D eigenvalue weighted by Crippen LogP contribution is -2.46. The van der Waals surface area contributed by atoms with Crippen molar-refractivity contribution in [2.45, 2.75) is 18.2 Å². The maximum absolute atomic E-state index is 10.5. The minimum Gasteiger partial charge on any atom is -0.465 e. The molecule has 98 valence electrons. The third-order valence-corrected chi connectivity index (χ3v) is 2.67. The fraction of sp³-hybridized carbons (Fsp3) is 0.273. The highest BCUT2D eigenvalue weighted by atomic mass is 32.1. The van der Waals surface area contributed by atoms with Crippen LogP contribution in [0.5, 0.6) is 0 Å². The van der Waals surface area contributed by atoms with Crippen LogP contribution >= 0.6 is 12.2 Å². The van der Waals surface area contributed by atoms with Gasteiger partial charge in [-0.2, -0.15) is 0 Å². The van der Waals surface area contributed by atoms with Crippen molar-refractivity contribution < 1.29 is 20.1 Å². The Labute approximate surface area is 109 Å². The lowest BCUT2D eigenvalue weighted by Gasteiger charge is -2.27. The van der Waals surface area contributed by atoms with Crippen LogP contribution in [0, 0.1) is 0 Å². The molecule has 0 aliphatic rings. The van der Waals surface area contributed by atoms with Crippen molar-refractivity contribution in [2.24, 2.45) is 5.73 Å². The van der Waals surface area contributed by atoms with Gasteiger partial charge in [-0.1, -0.05) is 42.5 Å². The van der Waals surface area contributed by atoms with Gasteiger partial charge >= 0.3 is 6.09 Å². The molecule has 3 unspecified atom stereocenters. The first-order valence-electron chi connectivity index (χ1n) is 5.13. The maximum atomic E-state index is 10.5. The van der Waals surface area contributed by atoms with Gasteiger partial charge in [0.05, 0.1) is 5.92 Å². The summed E-state index contributed by atoms with van der Waals surface area (Å²) in [5.41, 5.74) is 5.86. The zero-order chi connectivity index (χ0) is 13.7. The van der Waals surface area contributed by atoms with Gasteiger partial charge in [0.1, 0.15) is 17.3 Å². The first-order valence-corrected chi connectivity index (χ1v) is 5.54. The molecule has 0 saturated heterocycles. The lowest BCUT2D eigenvalue weighted by atomic mass is 9.91. The number of aliphatic hydroxyl groups excluding tert-OH is 2. The summed E-state index contributed by atoms with van der Waals surface area (Å²) in [5.74, 6) is -0.959. The van der Waals surface area contributed by atoms with Crippen molar-refractivity contribution in [3.8, 4) is 0 Å². The van der Waals surface area contributed by atoms with Crippen LogP contribution in [0.1, 0.15) is 11.5 Å². The van der Waals surface area contributed by atoms with Crippen LogP contribution in [-0.4, -0.2) is 38.7 Å². The summed E-state index contributed by atoms with van der Waals surface area (Å²) in [4.78, 5) is 10.3. The van der Waals surface area contributed by atoms with E-state index in [2.05, 4.69) is 12.2 Å². The number of carboxylic acid groups (broad SMARTS) is 1. The van der Waals surface area contributed by atoms with Crippen LogP contribution < -0.4 is 11.1 Å². The average Bonchev–Trinajstić information content (AvgIpc) is 2.29. The van der Waals surface area contributed by atoms with Crippen molar-refractivity contribution in [3.05, 3.63) is 35.9 Å². The summed E-state index contributed by atoms with van der Waals surface area (Å²) in [6.45, 7) is 0. The molecular formula is C11H14N2O4S. The molecule has 0 aliphatic heterocycles. The molecule has 7 heteroatoms. The van der Waals surface area contributed by atoms with E-state index in [1.165, 1.54) is 0 Å². The van der Waals surface area contributed by atoms with E-state index in [9.17, 15) is 15.0 Å². The van der Waals surface area contributed by atoms with Gasteiger partial charge in [-0.25, -0.2) is 4.79 Å². The van der Waals surface area contributed by atoms with Crippen LogP contribution in [0.15, 0.2) is 30.3 Å². The Bertz CT molecular complexity index is 426. The van der Waals surface area contributed by atoms with Gasteiger partial charge in [0.15, 0.2) is 0 Å². The summed E-state index contributed by atoms with van der Waals surface area (Å²) >= 11 is 4.67. The molecule has 0 spiro atoms. The first-order chi connectivity index (χ1) is 8.43. The van der Waals surface area contributed by atoms with Gasteiger partial charge < -0.3 is 21.1 Å². The Morgan fingerprint density at radius 2 is 1.83 bits per heavy atom. The van der Waals surface area contributed by atoms with Gasteiger partial charge in [-0.3, -0.25) is 5.32 Å². The van der Waals surface area contributed by atoms with Crippen molar-refractivity contribution in [2.75, 3.05) is 0 Å². The van der Waals surface area contributed by atoms with Crippen molar-refractivity contribution in [1.82, 2.24) is 5.32 Å². The van der Waals surface area contributed by atoms with Crippen LogP contribution in [-0.2, 0) is 0 Å². The Balaban J connectivity index is 3.02. The smallest absolute Gasteiger partial charge is 0.406 e. The highest BCUT2D eigenvalue weighted by Gasteiger charge is 2.31.